The van der Waals surface area contributed by atoms with E-state index in [4.69, 9.17) is 21.3 Å². The van der Waals surface area contributed by atoms with Crippen LogP contribution in [0, 0.1) is 13.8 Å². The van der Waals surface area contributed by atoms with Gasteiger partial charge in [-0.2, -0.15) is 0 Å². The summed E-state index contributed by atoms with van der Waals surface area (Å²) in [5.41, 5.74) is 2.89. The van der Waals surface area contributed by atoms with E-state index in [0.717, 1.165) is 34.3 Å². The molecule has 0 atom stereocenters. The topological polar surface area (TPSA) is 60.2 Å². The van der Waals surface area contributed by atoms with Crippen LogP contribution in [0.4, 0.5) is 5.13 Å². The second kappa shape index (κ2) is 9.49. The van der Waals surface area contributed by atoms with Gasteiger partial charge in [-0.1, -0.05) is 40.6 Å². The summed E-state index contributed by atoms with van der Waals surface area (Å²) < 4.78 is 8.74. The lowest BCUT2D eigenvalue weighted by atomic mass is 10.2. The van der Waals surface area contributed by atoms with Crippen LogP contribution in [-0.4, -0.2) is 33.6 Å². The summed E-state index contributed by atoms with van der Waals surface area (Å²) >= 11 is 7.75. The second-order valence-corrected chi connectivity index (χ2v) is 8.73. The minimum absolute atomic E-state index is 0.0518. The second-order valence-electron chi connectivity index (χ2n) is 7.32. The smallest absolute Gasteiger partial charge is 0.266 e. The molecule has 0 spiro atoms. The first kappa shape index (κ1) is 21.3. The maximum atomic E-state index is 13.1. The Morgan fingerprint density at radius 1 is 1.19 bits per heavy atom. The molecule has 4 aromatic rings. The number of amides is 1. The Labute approximate surface area is 190 Å². The van der Waals surface area contributed by atoms with Crippen molar-refractivity contribution >= 4 is 44.2 Å². The molecular weight excluding hydrogens is 432 g/mol. The lowest BCUT2D eigenvalue weighted by molar-refractivity contribution is -0.120. The van der Waals surface area contributed by atoms with Gasteiger partial charge in [0.1, 0.15) is 5.75 Å². The van der Waals surface area contributed by atoms with Crippen molar-refractivity contribution in [2.45, 2.75) is 26.8 Å². The number of nitrogens with zero attached hydrogens (tertiary/aromatic N) is 4. The summed E-state index contributed by atoms with van der Waals surface area (Å²) in [4.78, 5) is 23.6. The number of benzene rings is 2. The molecule has 4 rings (SSSR count). The van der Waals surface area contributed by atoms with Gasteiger partial charge in [-0.25, -0.2) is 9.97 Å². The first-order chi connectivity index (χ1) is 15.0. The number of halogens is 1. The highest BCUT2D eigenvalue weighted by molar-refractivity contribution is 7.22. The van der Waals surface area contributed by atoms with Crippen LogP contribution in [0.5, 0.6) is 5.75 Å². The van der Waals surface area contributed by atoms with Gasteiger partial charge in [0, 0.05) is 30.5 Å². The third kappa shape index (κ3) is 5.06. The summed E-state index contributed by atoms with van der Waals surface area (Å²) in [7, 11) is 0. The summed E-state index contributed by atoms with van der Waals surface area (Å²) in [5.74, 6) is 0.540. The van der Waals surface area contributed by atoms with Crippen LogP contribution >= 0.6 is 22.9 Å². The first-order valence-corrected chi connectivity index (χ1v) is 11.2. The van der Waals surface area contributed by atoms with Crippen LogP contribution in [0.1, 0.15) is 17.5 Å². The number of ether oxygens (including phenoxy) is 1. The SMILES string of the molecule is Cc1ccc(OCC(=O)N(CCCn2ccnc2)c2nc3c(C)c(Cl)ccc3s2)cc1. The van der Waals surface area contributed by atoms with Gasteiger partial charge in [0.2, 0.25) is 0 Å². The quantitative estimate of drug-likeness (QED) is 0.364. The third-order valence-electron chi connectivity index (χ3n) is 5.01. The number of hydrogen-bond acceptors (Lipinski definition) is 5. The summed E-state index contributed by atoms with van der Waals surface area (Å²) in [5, 5.41) is 1.33. The van der Waals surface area contributed by atoms with Crippen molar-refractivity contribution in [3.05, 3.63) is 71.3 Å². The molecule has 0 fully saturated rings. The molecule has 2 aromatic carbocycles. The van der Waals surface area contributed by atoms with E-state index in [1.165, 1.54) is 11.3 Å². The van der Waals surface area contributed by atoms with Crippen molar-refractivity contribution in [3.63, 3.8) is 0 Å². The van der Waals surface area contributed by atoms with Gasteiger partial charge >= 0.3 is 0 Å². The molecule has 0 saturated carbocycles. The average molecular weight is 455 g/mol. The van der Waals surface area contributed by atoms with Gasteiger partial charge in [-0.3, -0.25) is 9.69 Å². The van der Waals surface area contributed by atoms with Gasteiger partial charge < -0.3 is 9.30 Å². The van der Waals surface area contributed by atoms with E-state index in [1.807, 2.05) is 61.0 Å². The maximum Gasteiger partial charge on any atom is 0.266 e. The van der Waals surface area contributed by atoms with Crippen molar-refractivity contribution in [1.29, 1.82) is 0 Å². The predicted octanol–water partition coefficient (Wildman–Crippen LogP) is 5.27. The lowest BCUT2D eigenvalue weighted by Crippen LogP contribution is -2.36. The monoisotopic (exact) mass is 454 g/mol. The van der Waals surface area contributed by atoms with E-state index in [9.17, 15) is 4.79 Å². The molecule has 0 saturated heterocycles. The fraction of sp³-hybridized carbons (Fsp3) is 0.261. The van der Waals surface area contributed by atoms with E-state index in [0.29, 0.717) is 22.4 Å². The molecule has 31 heavy (non-hydrogen) atoms. The molecule has 1 amide bonds. The molecule has 0 unspecified atom stereocenters. The van der Waals surface area contributed by atoms with E-state index in [1.54, 1.807) is 17.4 Å². The van der Waals surface area contributed by atoms with E-state index < -0.39 is 0 Å². The standard InChI is InChI=1S/C23H23ClN4O2S/c1-16-4-6-18(7-5-16)30-14-21(29)28(12-3-11-27-13-10-25-15-27)23-26-22-17(2)19(24)8-9-20(22)31-23/h4-10,13,15H,3,11-12,14H2,1-2H3. The van der Waals surface area contributed by atoms with Crippen molar-refractivity contribution in [2.75, 3.05) is 18.1 Å². The van der Waals surface area contributed by atoms with Gasteiger partial charge in [0.15, 0.2) is 11.7 Å². The first-order valence-electron chi connectivity index (χ1n) is 10.0. The summed E-state index contributed by atoms with van der Waals surface area (Å²) in [6, 6.07) is 11.5. The summed E-state index contributed by atoms with van der Waals surface area (Å²) in [6.07, 6.45) is 6.20. The zero-order chi connectivity index (χ0) is 21.8. The fourth-order valence-electron chi connectivity index (χ4n) is 3.22. The Hall–Kier alpha value is -2.90. The van der Waals surface area contributed by atoms with Gasteiger partial charge in [0.05, 0.1) is 16.5 Å². The largest absolute Gasteiger partial charge is 0.484 e. The molecule has 0 bridgehead atoms. The molecule has 6 nitrogen and oxygen atoms in total. The number of carbonyl (C=O) groups excluding carboxylic acids is 1. The lowest BCUT2D eigenvalue weighted by Gasteiger charge is -2.20. The van der Waals surface area contributed by atoms with E-state index >= 15 is 0 Å². The molecule has 2 heterocycles. The highest BCUT2D eigenvalue weighted by Crippen LogP contribution is 2.33. The van der Waals surface area contributed by atoms with Crippen LogP contribution in [-0.2, 0) is 11.3 Å². The van der Waals surface area contributed by atoms with E-state index in [2.05, 4.69) is 4.98 Å². The van der Waals surface area contributed by atoms with Gasteiger partial charge in [0.25, 0.3) is 5.91 Å². The Morgan fingerprint density at radius 2 is 2.00 bits per heavy atom. The molecule has 0 aliphatic carbocycles. The number of aromatic nitrogens is 3. The molecule has 8 heteroatoms. The van der Waals surface area contributed by atoms with Crippen molar-refractivity contribution in [1.82, 2.24) is 14.5 Å². The van der Waals surface area contributed by atoms with Crippen LogP contribution in [0.3, 0.4) is 0 Å². The number of carbonyl (C=O) groups is 1. The van der Waals surface area contributed by atoms with E-state index in [-0.39, 0.29) is 12.5 Å². The number of anilines is 1. The minimum Gasteiger partial charge on any atom is -0.484 e. The number of fused-ring (bicyclic) bond motifs is 1. The Kier molecular flexibility index (Phi) is 6.53. The highest BCUT2D eigenvalue weighted by Gasteiger charge is 2.21. The molecule has 0 radical (unpaired) electrons. The molecule has 0 aliphatic heterocycles. The normalized spacial score (nSPS) is 11.1. The summed E-state index contributed by atoms with van der Waals surface area (Å²) in [6.45, 7) is 5.20. The molecule has 2 aromatic heterocycles. The Morgan fingerprint density at radius 3 is 2.74 bits per heavy atom. The molecule has 0 aliphatic rings. The zero-order valence-electron chi connectivity index (χ0n) is 17.4. The average Bonchev–Trinajstić information content (AvgIpc) is 3.43. The van der Waals surface area contributed by atoms with Gasteiger partial charge in [-0.05, 0) is 50.1 Å². The number of imidazole rings is 1. The number of aryl methyl sites for hydroxylation is 3. The Balaban J connectivity index is 1.53. The van der Waals surface area contributed by atoms with Gasteiger partial charge in [-0.15, -0.1) is 0 Å². The van der Waals surface area contributed by atoms with Crippen LogP contribution in [0.2, 0.25) is 5.02 Å². The Bertz CT molecular complexity index is 1170. The van der Waals surface area contributed by atoms with Crippen molar-refractivity contribution in [2.24, 2.45) is 0 Å². The molecule has 160 valence electrons. The number of thiazole rings is 1. The van der Waals surface area contributed by atoms with Crippen molar-refractivity contribution < 1.29 is 9.53 Å². The fourth-order valence-corrected chi connectivity index (χ4v) is 4.44. The zero-order valence-corrected chi connectivity index (χ0v) is 19.0. The third-order valence-corrected chi connectivity index (χ3v) is 6.46. The number of rotatable bonds is 8. The molecular formula is C23H23ClN4O2S. The minimum atomic E-state index is -0.131. The molecule has 0 N–H and O–H groups in total. The van der Waals surface area contributed by atoms with Crippen LogP contribution in [0.15, 0.2) is 55.1 Å². The highest BCUT2D eigenvalue weighted by atomic mass is 35.5. The van der Waals surface area contributed by atoms with Crippen LogP contribution < -0.4 is 9.64 Å². The van der Waals surface area contributed by atoms with Crippen molar-refractivity contribution in [3.8, 4) is 5.75 Å². The van der Waals surface area contributed by atoms with Crippen LogP contribution in [0.25, 0.3) is 10.2 Å². The number of hydrogen-bond donors (Lipinski definition) is 0. The predicted molar refractivity (Wildman–Crippen MR) is 125 cm³/mol. The maximum absolute atomic E-state index is 13.1.